The van der Waals surface area contributed by atoms with Crippen LogP contribution in [-0.2, 0) is 11.3 Å². The normalized spacial score (nSPS) is 11.2. The number of ether oxygens (including phenoxy) is 1. The first-order chi connectivity index (χ1) is 8.13. The second-order valence-electron chi connectivity index (χ2n) is 3.71. The molecule has 3 nitrogen and oxygen atoms in total. The summed E-state index contributed by atoms with van der Waals surface area (Å²) in [6.07, 6.45) is 0.821. The van der Waals surface area contributed by atoms with Crippen molar-refractivity contribution in [3.8, 4) is 0 Å². The topological polar surface area (TPSA) is 29.9 Å². The molecule has 0 unspecified atom stereocenters. The van der Waals surface area contributed by atoms with E-state index in [0.717, 1.165) is 17.5 Å². The lowest BCUT2D eigenvalue weighted by atomic mass is 10.3. The number of nitrogens with zero attached hydrogens (tertiary/aromatic N) is 1. The van der Waals surface area contributed by atoms with Gasteiger partial charge < -0.3 is 14.3 Å². The molecule has 1 heterocycles. The average molecular weight is 275 g/mol. The third kappa shape index (κ3) is 2.51. The smallest absolute Gasteiger partial charge is 0.178 e. The number of hydrogen-bond acceptors (Lipinski definition) is 2. The number of rotatable bonds is 4. The molecule has 0 saturated heterocycles. The first kappa shape index (κ1) is 12.5. The van der Waals surface area contributed by atoms with Crippen LogP contribution in [0, 0.1) is 10.6 Å². The van der Waals surface area contributed by atoms with Crippen molar-refractivity contribution in [2.75, 3.05) is 13.7 Å². The Hall–Kier alpha value is -0.910. The van der Waals surface area contributed by atoms with Crippen molar-refractivity contribution in [1.82, 2.24) is 9.55 Å². The van der Waals surface area contributed by atoms with Gasteiger partial charge in [-0.2, -0.15) is 0 Å². The minimum Gasteiger partial charge on any atom is -0.385 e. The molecular formula is C11H12ClFN2OS. The van der Waals surface area contributed by atoms with Gasteiger partial charge in [0.25, 0.3) is 0 Å². The van der Waals surface area contributed by atoms with Crippen molar-refractivity contribution in [1.29, 1.82) is 0 Å². The summed E-state index contributed by atoms with van der Waals surface area (Å²) in [5.74, 6) is -0.436. The van der Waals surface area contributed by atoms with E-state index in [1.165, 1.54) is 6.07 Å². The van der Waals surface area contributed by atoms with Crippen LogP contribution >= 0.6 is 23.8 Å². The second-order valence-corrected chi connectivity index (χ2v) is 4.51. The monoisotopic (exact) mass is 274 g/mol. The minimum atomic E-state index is -0.436. The van der Waals surface area contributed by atoms with E-state index in [0.29, 0.717) is 17.9 Å². The number of hydrogen-bond donors (Lipinski definition) is 1. The molecular weight excluding hydrogens is 263 g/mol. The van der Waals surface area contributed by atoms with E-state index >= 15 is 0 Å². The van der Waals surface area contributed by atoms with Crippen LogP contribution in [0.3, 0.4) is 0 Å². The standard InChI is InChI=1S/C11H12ClFN2OS/c1-16-4-2-3-15-10-6-8(13)7(12)5-9(10)14-11(15)17/h5-6H,2-4H2,1H3,(H,14,17). The zero-order chi connectivity index (χ0) is 12.4. The number of aryl methyl sites for hydroxylation is 1. The average Bonchev–Trinajstić information content (AvgIpc) is 2.57. The van der Waals surface area contributed by atoms with E-state index in [2.05, 4.69) is 4.98 Å². The molecule has 2 aromatic rings. The molecule has 2 rings (SSSR count). The number of aromatic nitrogens is 2. The Labute approximate surface area is 108 Å². The summed E-state index contributed by atoms with van der Waals surface area (Å²) < 4.78 is 20.8. The number of methoxy groups -OCH3 is 1. The van der Waals surface area contributed by atoms with Crippen LogP contribution in [0.5, 0.6) is 0 Å². The third-order valence-corrected chi connectivity index (χ3v) is 3.16. The number of halogens is 2. The SMILES string of the molecule is COCCCn1c(=S)[nH]c2cc(Cl)c(F)cc21. The Morgan fingerprint density at radius 3 is 3.00 bits per heavy atom. The fraction of sp³-hybridized carbons (Fsp3) is 0.364. The van der Waals surface area contributed by atoms with Gasteiger partial charge in [0.05, 0.1) is 16.1 Å². The van der Waals surface area contributed by atoms with E-state index in [1.54, 1.807) is 13.2 Å². The Morgan fingerprint density at radius 1 is 1.53 bits per heavy atom. The number of nitrogens with one attached hydrogen (secondary N) is 1. The molecule has 1 aromatic carbocycles. The second kappa shape index (κ2) is 5.16. The minimum absolute atomic E-state index is 0.0952. The van der Waals surface area contributed by atoms with Crippen LogP contribution in [0.4, 0.5) is 4.39 Å². The van der Waals surface area contributed by atoms with Crippen molar-refractivity contribution in [3.05, 3.63) is 27.7 Å². The third-order valence-electron chi connectivity index (χ3n) is 2.55. The fourth-order valence-corrected chi connectivity index (χ4v) is 2.20. The largest absolute Gasteiger partial charge is 0.385 e. The predicted molar refractivity (Wildman–Crippen MR) is 68.6 cm³/mol. The molecule has 0 amide bonds. The Kier molecular flexibility index (Phi) is 3.81. The van der Waals surface area contributed by atoms with Gasteiger partial charge in [0.15, 0.2) is 4.77 Å². The molecule has 0 aliphatic carbocycles. The fourth-order valence-electron chi connectivity index (χ4n) is 1.74. The Morgan fingerprint density at radius 2 is 2.29 bits per heavy atom. The molecule has 1 aromatic heterocycles. The van der Waals surface area contributed by atoms with E-state index in [9.17, 15) is 4.39 Å². The number of aromatic amines is 1. The number of H-pyrrole nitrogens is 1. The van der Waals surface area contributed by atoms with E-state index in [1.807, 2.05) is 4.57 Å². The number of imidazole rings is 1. The Bertz CT molecular complexity index is 593. The van der Waals surface area contributed by atoms with Gasteiger partial charge in [0.2, 0.25) is 0 Å². The molecule has 0 atom stereocenters. The number of benzene rings is 1. The molecule has 17 heavy (non-hydrogen) atoms. The van der Waals surface area contributed by atoms with E-state index in [-0.39, 0.29) is 5.02 Å². The van der Waals surface area contributed by atoms with Gasteiger partial charge in [-0.15, -0.1) is 0 Å². The lowest BCUT2D eigenvalue weighted by Gasteiger charge is -2.04. The highest BCUT2D eigenvalue weighted by molar-refractivity contribution is 7.71. The van der Waals surface area contributed by atoms with Gasteiger partial charge in [0.1, 0.15) is 5.82 Å². The van der Waals surface area contributed by atoms with Crippen molar-refractivity contribution in [2.24, 2.45) is 0 Å². The summed E-state index contributed by atoms with van der Waals surface area (Å²) in [6.45, 7) is 1.33. The molecule has 1 N–H and O–H groups in total. The summed E-state index contributed by atoms with van der Waals surface area (Å²) in [7, 11) is 1.65. The lowest BCUT2D eigenvalue weighted by Crippen LogP contribution is -2.01. The summed E-state index contributed by atoms with van der Waals surface area (Å²) in [5, 5.41) is 0.0952. The zero-order valence-corrected chi connectivity index (χ0v) is 10.9. The Balaban J connectivity index is 2.44. The first-order valence-corrected chi connectivity index (χ1v) is 5.98. The van der Waals surface area contributed by atoms with Crippen molar-refractivity contribution < 1.29 is 9.13 Å². The highest BCUT2D eigenvalue weighted by Crippen LogP contribution is 2.22. The van der Waals surface area contributed by atoms with Gasteiger partial charge in [-0.1, -0.05) is 11.6 Å². The van der Waals surface area contributed by atoms with Crippen molar-refractivity contribution in [2.45, 2.75) is 13.0 Å². The molecule has 6 heteroatoms. The maximum absolute atomic E-state index is 13.4. The molecule has 0 spiro atoms. The molecule has 0 radical (unpaired) electrons. The maximum atomic E-state index is 13.4. The van der Waals surface area contributed by atoms with E-state index < -0.39 is 5.82 Å². The van der Waals surface area contributed by atoms with E-state index in [4.69, 9.17) is 28.6 Å². The summed E-state index contributed by atoms with van der Waals surface area (Å²) in [5.41, 5.74) is 1.48. The van der Waals surface area contributed by atoms with Crippen LogP contribution in [-0.4, -0.2) is 23.3 Å². The first-order valence-electron chi connectivity index (χ1n) is 5.20. The summed E-state index contributed by atoms with van der Waals surface area (Å²) in [4.78, 5) is 3.01. The predicted octanol–water partition coefficient (Wildman–Crippen LogP) is 3.53. The van der Waals surface area contributed by atoms with Crippen LogP contribution < -0.4 is 0 Å². The zero-order valence-electron chi connectivity index (χ0n) is 9.30. The van der Waals surface area contributed by atoms with Crippen LogP contribution in [0.25, 0.3) is 11.0 Å². The van der Waals surface area contributed by atoms with Gasteiger partial charge in [0, 0.05) is 26.3 Å². The molecule has 92 valence electrons. The van der Waals surface area contributed by atoms with Gasteiger partial charge in [-0.05, 0) is 24.7 Å². The number of fused-ring (bicyclic) bond motifs is 1. The lowest BCUT2D eigenvalue weighted by molar-refractivity contribution is 0.190. The summed E-state index contributed by atoms with van der Waals surface area (Å²) >= 11 is 10.9. The van der Waals surface area contributed by atoms with Gasteiger partial charge in [-0.3, -0.25) is 0 Å². The quantitative estimate of drug-likeness (QED) is 0.683. The molecule has 0 fully saturated rings. The maximum Gasteiger partial charge on any atom is 0.178 e. The van der Waals surface area contributed by atoms with Crippen molar-refractivity contribution >= 4 is 34.9 Å². The molecule has 0 bridgehead atoms. The molecule has 0 aliphatic heterocycles. The summed E-state index contributed by atoms with van der Waals surface area (Å²) in [6, 6.07) is 2.95. The molecule has 0 saturated carbocycles. The highest BCUT2D eigenvalue weighted by Gasteiger charge is 2.08. The van der Waals surface area contributed by atoms with Crippen LogP contribution in [0.15, 0.2) is 12.1 Å². The van der Waals surface area contributed by atoms with Crippen molar-refractivity contribution in [3.63, 3.8) is 0 Å². The molecule has 0 aliphatic rings. The van der Waals surface area contributed by atoms with Gasteiger partial charge >= 0.3 is 0 Å². The van der Waals surface area contributed by atoms with Crippen LogP contribution in [0.2, 0.25) is 5.02 Å². The van der Waals surface area contributed by atoms with Gasteiger partial charge in [-0.25, -0.2) is 4.39 Å². The van der Waals surface area contributed by atoms with Crippen LogP contribution in [0.1, 0.15) is 6.42 Å². The highest BCUT2D eigenvalue weighted by atomic mass is 35.5.